The van der Waals surface area contributed by atoms with Gasteiger partial charge in [-0.3, -0.25) is 4.79 Å². The Morgan fingerprint density at radius 3 is 2.87 bits per heavy atom. The largest absolute Gasteiger partial charge is 0.493 e. The van der Waals surface area contributed by atoms with Crippen LogP contribution in [0.4, 0.5) is 0 Å². The molecule has 1 aliphatic rings. The van der Waals surface area contributed by atoms with Crippen molar-refractivity contribution in [3.8, 4) is 17.2 Å². The minimum Gasteiger partial charge on any atom is -0.493 e. The number of aryl methyl sites for hydroxylation is 1. The van der Waals surface area contributed by atoms with Crippen LogP contribution in [0.25, 0.3) is 21.3 Å². The van der Waals surface area contributed by atoms with E-state index in [1.54, 1.807) is 32.1 Å². The Morgan fingerprint density at radius 1 is 1.35 bits per heavy atom. The Hall–Kier alpha value is -3.04. The molecule has 0 aliphatic carbocycles. The first-order valence-corrected chi connectivity index (χ1v) is 10.7. The van der Waals surface area contributed by atoms with Gasteiger partial charge >= 0.3 is 5.97 Å². The molecule has 0 radical (unpaired) electrons. The summed E-state index contributed by atoms with van der Waals surface area (Å²) in [5.41, 5.74) is 0.842. The molecule has 0 fully saturated rings. The number of aromatic amines is 1. The van der Waals surface area contributed by atoms with Crippen LogP contribution in [0, 0.1) is 6.92 Å². The summed E-state index contributed by atoms with van der Waals surface area (Å²) in [6.45, 7) is 4.54. The Balaban J connectivity index is 1.76. The number of hydrogen-bond donors (Lipinski definition) is 1. The molecule has 1 aliphatic heterocycles. The van der Waals surface area contributed by atoms with Gasteiger partial charge in [0.2, 0.25) is 5.75 Å². The Morgan fingerprint density at radius 2 is 2.13 bits per heavy atom. The third-order valence-electron chi connectivity index (χ3n) is 4.63. The van der Waals surface area contributed by atoms with Crippen molar-refractivity contribution in [3.05, 3.63) is 44.3 Å². The quantitative estimate of drug-likeness (QED) is 0.572. The molecule has 31 heavy (non-hydrogen) atoms. The van der Waals surface area contributed by atoms with Crippen LogP contribution in [-0.4, -0.2) is 42.9 Å². The first-order chi connectivity index (χ1) is 14.9. The van der Waals surface area contributed by atoms with Crippen LogP contribution in [0.1, 0.15) is 33.5 Å². The van der Waals surface area contributed by atoms with E-state index in [9.17, 15) is 9.59 Å². The van der Waals surface area contributed by atoms with Crippen LogP contribution in [0.2, 0.25) is 0 Å². The lowest BCUT2D eigenvalue weighted by molar-refractivity contribution is 0.0531. The van der Waals surface area contributed by atoms with Crippen molar-refractivity contribution in [1.29, 1.82) is 0 Å². The third kappa shape index (κ3) is 3.98. The zero-order valence-corrected chi connectivity index (χ0v) is 18.6. The lowest BCUT2D eigenvalue weighted by atomic mass is 10.1. The number of carbonyl (C=O) groups is 1. The molecular weight excluding hydrogens is 444 g/mol. The molecule has 0 bridgehead atoms. The molecule has 10 heteroatoms. The second kappa shape index (κ2) is 8.60. The van der Waals surface area contributed by atoms with Gasteiger partial charge in [-0.25, -0.2) is 9.78 Å². The summed E-state index contributed by atoms with van der Waals surface area (Å²) < 4.78 is 21.7. The van der Waals surface area contributed by atoms with Crippen LogP contribution in [0.3, 0.4) is 0 Å². The number of H-pyrrole nitrogens is 1. The lowest BCUT2D eigenvalue weighted by Crippen LogP contribution is -2.16. The van der Waals surface area contributed by atoms with Gasteiger partial charge in [0.05, 0.1) is 24.1 Å². The van der Waals surface area contributed by atoms with Gasteiger partial charge in [0.1, 0.15) is 22.9 Å². The van der Waals surface area contributed by atoms with Crippen LogP contribution in [0.15, 0.2) is 16.9 Å². The van der Waals surface area contributed by atoms with E-state index in [2.05, 4.69) is 9.97 Å². The van der Waals surface area contributed by atoms with Crippen LogP contribution in [0.5, 0.6) is 17.2 Å². The first-order valence-electron chi connectivity index (χ1n) is 9.48. The van der Waals surface area contributed by atoms with E-state index in [0.29, 0.717) is 56.7 Å². The number of esters is 1. The number of halogens is 1. The molecule has 0 spiro atoms. The SMILES string of the molecule is CCOC(=O)c1sc2nc(/C(Cl)=C/c3cc(OC)c4c(c3)OCCO4)[nH]c(=O)c2c1C. The first kappa shape index (κ1) is 21.2. The molecule has 0 atom stereocenters. The normalized spacial score (nSPS) is 13.4. The summed E-state index contributed by atoms with van der Waals surface area (Å²) in [5.74, 6) is 1.30. The molecule has 8 nitrogen and oxygen atoms in total. The number of carbonyl (C=O) groups excluding carboxylic acids is 1. The zero-order valence-electron chi connectivity index (χ0n) is 17.0. The molecule has 0 unspecified atom stereocenters. The van der Waals surface area contributed by atoms with Crippen molar-refractivity contribution in [1.82, 2.24) is 9.97 Å². The molecule has 1 aromatic carbocycles. The highest BCUT2D eigenvalue weighted by molar-refractivity contribution is 7.20. The average Bonchev–Trinajstić information content (AvgIpc) is 3.10. The molecule has 2 aromatic heterocycles. The van der Waals surface area contributed by atoms with Gasteiger partial charge < -0.3 is 23.9 Å². The van der Waals surface area contributed by atoms with Gasteiger partial charge in [-0.2, -0.15) is 0 Å². The van der Waals surface area contributed by atoms with E-state index >= 15 is 0 Å². The number of aromatic nitrogens is 2. The Kier molecular flexibility index (Phi) is 5.88. The van der Waals surface area contributed by atoms with E-state index in [0.717, 1.165) is 11.3 Å². The van der Waals surface area contributed by atoms with E-state index in [4.69, 9.17) is 30.5 Å². The number of benzene rings is 1. The fourth-order valence-electron chi connectivity index (χ4n) is 3.24. The monoisotopic (exact) mass is 462 g/mol. The van der Waals surface area contributed by atoms with E-state index in [1.807, 2.05) is 0 Å². The van der Waals surface area contributed by atoms with Crippen molar-refractivity contribution < 1.29 is 23.7 Å². The highest BCUT2D eigenvalue weighted by atomic mass is 35.5. The van der Waals surface area contributed by atoms with Gasteiger partial charge in [-0.1, -0.05) is 11.6 Å². The molecule has 162 valence electrons. The highest BCUT2D eigenvalue weighted by Gasteiger charge is 2.21. The number of methoxy groups -OCH3 is 1. The second-order valence-corrected chi connectivity index (χ2v) is 8.02. The predicted octanol–water partition coefficient (Wildman–Crippen LogP) is 3.99. The average molecular weight is 463 g/mol. The van der Waals surface area contributed by atoms with E-state index in [-0.39, 0.29) is 23.0 Å². The summed E-state index contributed by atoms with van der Waals surface area (Å²) >= 11 is 7.58. The van der Waals surface area contributed by atoms with Crippen LogP contribution < -0.4 is 19.8 Å². The van der Waals surface area contributed by atoms with Gasteiger partial charge in [0.15, 0.2) is 17.3 Å². The lowest BCUT2D eigenvalue weighted by Gasteiger charge is -2.21. The molecule has 3 aromatic rings. The van der Waals surface area contributed by atoms with Crippen molar-refractivity contribution in [2.75, 3.05) is 26.9 Å². The number of nitrogens with one attached hydrogen (secondary N) is 1. The molecule has 0 amide bonds. The van der Waals surface area contributed by atoms with Crippen LogP contribution >= 0.6 is 22.9 Å². The minimum atomic E-state index is -0.478. The number of fused-ring (bicyclic) bond motifs is 2. The van der Waals surface area contributed by atoms with Crippen molar-refractivity contribution in [3.63, 3.8) is 0 Å². The molecular formula is C21H19ClN2O6S. The summed E-state index contributed by atoms with van der Waals surface area (Å²) in [4.78, 5) is 32.7. The molecule has 4 rings (SSSR count). The van der Waals surface area contributed by atoms with Gasteiger partial charge in [0.25, 0.3) is 5.56 Å². The standard InChI is InChI=1S/C21H19ClN2O6S/c1-4-28-21(26)17-10(2)15-19(25)23-18(24-20(15)31-17)12(22)7-11-8-13(27-3)16-14(9-11)29-5-6-30-16/h7-9H,4-6H2,1-3H3,(H,23,24,25)/b12-7-. The summed E-state index contributed by atoms with van der Waals surface area (Å²) in [6, 6.07) is 3.52. The predicted molar refractivity (Wildman–Crippen MR) is 119 cm³/mol. The number of thiophene rings is 1. The van der Waals surface area contributed by atoms with Crippen molar-refractivity contribution in [2.45, 2.75) is 13.8 Å². The Bertz CT molecular complexity index is 1250. The maximum Gasteiger partial charge on any atom is 0.348 e. The summed E-state index contributed by atoms with van der Waals surface area (Å²) in [5, 5.41) is 0.559. The molecule has 0 saturated heterocycles. The summed E-state index contributed by atoms with van der Waals surface area (Å²) in [7, 11) is 1.54. The highest BCUT2D eigenvalue weighted by Crippen LogP contribution is 2.41. The summed E-state index contributed by atoms with van der Waals surface area (Å²) in [6.07, 6.45) is 1.64. The van der Waals surface area contributed by atoms with E-state index in [1.165, 1.54) is 7.11 Å². The number of rotatable bonds is 5. The van der Waals surface area contributed by atoms with Gasteiger partial charge in [-0.05, 0) is 43.2 Å². The smallest absolute Gasteiger partial charge is 0.348 e. The second-order valence-electron chi connectivity index (χ2n) is 6.61. The minimum absolute atomic E-state index is 0.185. The maximum absolute atomic E-state index is 12.7. The Labute approximate surface area is 186 Å². The third-order valence-corrected chi connectivity index (χ3v) is 6.09. The van der Waals surface area contributed by atoms with Crippen molar-refractivity contribution >= 4 is 50.2 Å². The molecule has 0 saturated carbocycles. The molecule has 1 N–H and O–H groups in total. The fraction of sp³-hybridized carbons (Fsp3) is 0.286. The number of nitrogens with zero attached hydrogens (tertiary/aromatic N) is 1. The number of ether oxygens (including phenoxy) is 4. The van der Waals surface area contributed by atoms with Gasteiger partial charge in [-0.15, -0.1) is 11.3 Å². The number of hydrogen-bond acceptors (Lipinski definition) is 8. The van der Waals surface area contributed by atoms with Crippen molar-refractivity contribution in [2.24, 2.45) is 0 Å². The zero-order chi connectivity index (χ0) is 22.1. The maximum atomic E-state index is 12.7. The van der Waals surface area contributed by atoms with Crippen LogP contribution in [-0.2, 0) is 4.74 Å². The molecule has 3 heterocycles. The van der Waals surface area contributed by atoms with E-state index < -0.39 is 5.97 Å². The fourth-order valence-corrected chi connectivity index (χ4v) is 4.53. The van der Waals surface area contributed by atoms with Gasteiger partial charge in [0, 0.05) is 0 Å². The topological polar surface area (TPSA) is 99.7 Å².